The van der Waals surface area contributed by atoms with E-state index in [0.29, 0.717) is 24.2 Å². The molecule has 3 aromatic rings. The van der Waals surface area contributed by atoms with Crippen molar-refractivity contribution in [1.29, 1.82) is 0 Å². The van der Waals surface area contributed by atoms with Crippen molar-refractivity contribution in [3.8, 4) is 10.6 Å². The molecule has 0 atom stereocenters. The number of nitrogens with one attached hydrogen (secondary N) is 2. The molecule has 0 radical (unpaired) electrons. The maximum atomic E-state index is 14.8. The molecule has 1 saturated heterocycles. The van der Waals surface area contributed by atoms with Gasteiger partial charge in [0.2, 0.25) is 5.82 Å². The van der Waals surface area contributed by atoms with Crippen molar-refractivity contribution < 1.29 is 9.13 Å². The fraction of sp³-hybridized carbons (Fsp3) is 0.294. The van der Waals surface area contributed by atoms with Gasteiger partial charge in [-0.1, -0.05) is 17.4 Å². The molecule has 7 nitrogen and oxygen atoms in total. The first-order valence-corrected chi connectivity index (χ1v) is 8.88. The smallest absolute Gasteiger partial charge is 0.208 e. The highest BCUT2D eigenvalue weighted by atomic mass is 32.1. The van der Waals surface area contributed by atoms with E-state index in [1.807, 2.05) is 25.1 Å². The highest BCUT2D eigenvalue weighted by molar-refractivity contribution is 7.18. The molecule has 1 aliphatic heterocycles. The van der Waals surface area contributed by atoms with Crippen molar-refractivity contribution in [2.24, 2.45) is 0 Å². The highest BCUT2D eigenvalue weighted by Gasteiger charge is 2.34. The van der Waals surface area contributed by atoms with Crippen LogP contribution in [-0.4, -0.2) is 38.7 Å². The monoisotopic (exact) mass is 372 g/mol. The van der Waals surface area contributed by atoms with Gasteiger partial charge in [0.25, 0.3) is 0 Å². The van der Waals surface area contributed by atoms with Gasteiger partial charge in [-0.15, -0.1) is 0 Å². The second-order valence-electron chi connectivity index (χ2n) is 6.33. The zero-order valence-electron chi connectivity index (χ0n) is 14.3. The number of ether oxygens (including phenoxy) is 1. The lowest BCUT2D eigenvalue weighted by Crippen LogP contribution is -2.53. The van der Waals surface area contributed by atoms with Gasteiger partial charge in [0.05, 0.1) is 29.3 Å². The molecular formula is C17H17FN6OS. The van der Waals surface area contributed by atoms with Crippen LogP contribution in [0.15, 0.2) is 30.6 Å². The van der Waals surface area contributed by atoms with Crippen molar-refractivity contribution in [2.75, 3.05) is 23.8 Å². The first-order chi connectivity index (χ1) is 12.5. The molecule has 0 bridgehead atoms. The summed E-state index contributed by atoms with van der Waals surface area (Å²) in [6.45, 7) is 4.70. The summed E-state index contributed by atoms with van der Waals surface area (Å²) in [7, 11) is 0. The second-order valence-corrected chi connectivity index (χ2v) is 7.36. The van der Waals surface area contributed by atoms with Gasteiger partial charge in [-0.05, 0) is 26.0 Å². The van der Waals surface area contributed by atoms with E-state index >= 15 is 0 Å². The van der Waals surface area contributed by atoms with Crippen molar-refractivity contribution in [1.82, 2.24) is 19.9 Å². The molecule has 1 fully saturated rings. The summed E-state index contributed by atoms with van der Waals surface area (Å²) in [5.41, 5.74) is 0.504. The third kappa shape index (κ3) is 3.35. The van der Waals surface area contributed by atoms with E-state index in [0.717, 1.165) is 10.6 Å². The molecule has 0 unspecified atom stereocenters. The number of aromatic nitrogens is 4. The molecule has 4 rings (SSSR count). The van der Waals surface area contributed by atoms with Gasteiger partial charge in [0, 0.05) is 12.4 Å². The molecule has 0 aromatic carbocycles. The Bertz CT molecular complexity index is 928. The zero-order chi connectivity index (χ0) is 18.1. The second kappa shape index (κ2) is 6.58. The fourth-order valence-corrected chi connectivity index (χ4v) is 3.34. The standard InChI is InChI=1S/C17H17FN6OS/c1-10-21-14(13(18)15(22-10)24-17(2)8-25-9-17)23-16-20-7-12(26-16)11-5-3-4-6-19-11/h3-7H,8-9H2,1-2H3,(H2,20,21,22,23,24). The quantitative estimate of drug-likeness (QED) is 0.710. The molecule has 3 aromatic heterocycles. The minimum absolute atomic E-state index is 0.0887. The summed E-state index contributed by atoms with van der Waals surface area (Å²) < 4.78 is 20.0. The van der Waals surface area contributed by atoms with Gasteiger partial charge >= 0.3 is 0 Å². The minimum Gasteiger partial charge on any atom is -0.376 e. The molecule has 1 aliphatic rings. The van der Waals surface area contributed by atoms with Gasteiger partial charge < -0.3 is 15.4 Å². The Morgan fingerprint density at radius 2 is 2.00 bits per heavy atom. The first kappa shape index (κ1) is 16.8. The summed E-state index contributed by atoms with van der Waals surface area (Å²) in [4.78, 5) is 17.8. The first-order valence-electron chi connectivity index (χ1n) is 8.07. The van der Waals surface area contributed by atoms with Crippen LogP contribution in [0.4, 0.5) is 21.2 Å². The lowest BCUT2D eigenvalue weighted by Gasteiger charge is -2.39. The van der Waals surface area contributed by atoms with Crippen molar-refractivity contribution >= 4 is 28.1 Å². The summed E-state index contributed by atoms with van der Waals surface area (Å²) in [5.74, 6) is 0.165. The molecule has 9 heteroatoms. The Balaban J connectivity index is 1.58. The zero-order valence-corrected chi connectivity index (χ0v) is 15.1. The molecule has 0 aliphatic carbocycles. The van der Waals surface area contributed by atoms with Crippen molar-refractivity contribution in [3.63, 3.8) is 0 Å². The summed E-state index contributed by atoms with van der Waals surface area (Å²) in [6.07, 6.45) is 3.42. The van der Waals surface area contributed by atoms with Crippen LogP contribution in [-0.2, 0) is 4.74 Å². The van der Waals surface area contributed by atoms with E-state index < -0.39 is 5.82 Å². The average Bonchev–Trinajstić information content (AvgIpc) is 3.07. The number of hydrogen-bond donors (Lipinski definition) is 2. The Hall–Kier alpha value is -2.65. The Morgan fingerprint density at radius 3 is 2.69 bits per heavy atom. The summed E-state index contributed by atoms with van der Waals surface area (Å²) in [5, 5.41) is 6.58. The van der Waals surface area contributed by atoms with E-state index in [2.05, 4.69) is 30.6 Å². The van der Waals surface area contributed by atoms with Crippen LogP contribution in [0.5, 0.6) is 0 Å². The number of pyridine rings is 1. The minimum atomic E-state index is -0.543. The van der Waals surface area contributed by atoms with Crippen LogP contribution < -0.4 is 10.6 Å². The normalized spacial score (nSPS) is 15.3. The summed E-state index contributed by atoms with van der Waals surface area (Å²) >= 11 is 1.38. The number of rotatable bonds is 5. The highest BCUT2D eigenvalue weighted by Crippen LogP contribution is 2.31. The lowest BCUT2D eigenvalue weighted by atomic mass is 10.0. The van der Waals surface area contributed by atoms with E-state index in [1.54, 1.807) is 19.3 Å². The van der Waals surface area contributed by atoms with E-state index in [4.69, 9.17) is 4.74 Å². The van der Waals surface area contributed by atoms with Gasteiger partial charge in [0.15, 0.2) is 16.8 Å². The number of nitrogens with zero attached hydrogens (tertiary/aromatic N) is 4. The molecule has 26 heavy (non-hydrogen) atoms. The van der Waals surface area contributed by atoms with E-state index in [1.165, 1.54) is 11.3 Å². The van der Waals surface area contributed by atoms with Crippen LogP contribution >= 0.6 is 11.3 Å². The Kier molecular flexibility index (Phi) is 4.25. The Morgan fingerprint density at radius 1 is 1.19 bits per heavy atom. The van der Waals surface area contributed by atoms with Gasteiger partial charge in [0.1, 0.15) is 5.82 Å². The maximum absolute atomic E-state index is 14.8. The number of halogens is 1. The van der Waals surface area contributed by atoms with Gasteiger partial charge in [-0.25, -0.2) is 15.0 Å². The van der Waals surface area contributed by atoms with Crippen molar-refractivity contribution in [2.45, 2.75) is 19.4 Å². The van der Waals surface area contributed by atoms with Crippen LogP contribution in [0.3, 0.4) is 0 Å². The average molecular weight is 372 g/mol. The molecule has 2 N–H and O–H groups in total. The number of aryl methyl sites for hydroxylation is 1. The third-order valence-electron chi connectivity index (χ3n) is 3.87. The van der Waals surface area contributed by atoms with Gasteiger partial charge in [-0.3, -0.25) is 4.98 Å². The topological polar surface area (TPSA) is 84.9 Å². The predicted molar refractivity (Wildman–Crippen MR) is 98.2 cm³/mol. The van der Waals surface area contributed by atoms with E-state index in [-0.39, 0.29) is 17.2 Å². The predicted octanol–water partition coefficient (Wildman–Crippen LogP) is 3.39. The van der Waals surface area contributed by atoms with E-state index in [9.17, 15) is 4.39 Å². The number of hydrogen-bond acceptors (Lipinski definition) is 8. The lowest BCUT2D eigenvalue weighted by molar-refractivity contribution is -0.0321. The molecule has 4 heterocycles. The summed E-state index contributed by atoms with van der Waals surface area (Å²) in [6, 6.07) is 5.66. The van der Waals surface area contributed by atoms with Gasteiger partial charge in [-0.2, -0.15) is 4.39 Å². The molecular weight excluding hydrogens is 355 g/mol. The Labute approximate surface area is 153 Å². The third-order valence-corrected chi connectivity index (χ3v) is 4.81. The molecule has 0 spiro atoms. The molecule has 134 valence electrons. The van der Waals surface area contributed by atoms with Crippen LogP contribution in [0.25, 0.3) is 10.6 Å². The SMILES string of the molecule is Cc1nc(Nc2ncc(-c3ccccn3)s2)c(F)c(NC2(C)COC2)n1. The largest absolute Gasteiger partial charge is 0.376 e. The number of anilines is 3. The maximum Gasteiger partial charge on any atom is 0.208 e. The molecule has 0 saturated carbocycles. The fourth-order valence-electron chi connectivity index (χ4n) is 2.55. The molecule has 0 amide bonds. The van der Waals surface area contributed by atoms with Crippen LogP contribution in [0, 0.1) is 12.7 Å². The van der Waals surface area contributed by atoms with Crippen molar-refractivity contribution in [3.05, 3.63) is 42.2 Å². The van der Waals surface area contributed by atoms with Crippen LogP contribution in [0.1, 0.15) is 12.7 Å². The van der Waals surface area contributed by atoms with Crippen LogP contribution in [0.2, 0.25) is 0 Å². The number of thiazole rings is 1.